The van der Waals surface area contributed by atoms with Gasteiger partial charge in [-0.2, -0.15) is 14.8 Å². The smallest absolute Gasteiger partial charge is 0.225 e. The first-order chi connectivity index (χ1) is 15.2. The molecule has 5 rings (SSSR count). The van der Waals surface area contributed by atoms with E-state index >= 15 is 0 Å². The molecule has 1 saturated carbocycles. The summed E-state index contributed by atoms with van der Waals surface area (Å²) in [6.45, 7) is 0.697. The molecule has 4 aromatic rings. The normalized spacial score (nSPS) is 18.5. The molecule has 0 aliphatic heterocycles. The van der Waals surface area contributed by atoms with Crippen molar-refractivity contribution in [1.29, 1.82) is 5.41 Å². The molecule has 0 unspecified atom stereocenters. The standard InChI is InChI=1S/C21H23N9O/c22-8-1-9-29-13-15(11-24-29)14-2-5-17(6-3-14)30-20-19(27-28-30)12-23-21(26-20)25-16-4-7-18(31)10-16/h2-3,5-6,8,11-13,16,18,22,31H,1,4,7,9-10H2,(H,23,25,26)/t16-,18-/m1/s1. The second-order valence-corrected chi connectivity index (χ2v) is 7.74. The molecule has 3 heterocycles. The quantitative estimate of drug-likeness (QED) is 0.394. The van der Waals surface area contributed by atoms with Crippen LogP contribution >= 0.6 is 0 Å². The van der Waals surface area contributed by atoms with E-state index in [1.165, 1.54) is 6.21 Å². The van der Waals surface area contributed by atoms with Gasteiger partial charge in [0.05, 0.1) is 24.2 Å². The van der Waals surface area contributed by atoms with Gasteiger partial charge in [0.2, 0.25) is 5.95 Å². The summed E-state index contributed by atoms with van der Waals surface area (Å²) < 4.78 is 3.54. The highest BCUT2D eigenvalue weighted by atomic mass is 16.3. The Balaban J connectivity index is 1.38. The molecule has 0 saturated heterocycles. The highest BCUT2D eigenvalue weighted by molar-refractivity contribution is 5.72. The lowest BCUT2D eigenvalue weighted by Gasteiger charge is -2.11. The maximum Gasteiger partial charge on any atom is 0.225 e. The Morgan fingerprint density at radius 2 is 2.03 bits per heavy atom. The Labute approximate surface area is 178 Å². The van der Waals surface area contributed by atoms with E-state index < -0.39 is 0 Å². The van der Waals surface area contributed by atoms with Crippen molar-refractivity contribution in [2.75, 3.05) is 5.32 Å². The van der Waals surface area contributed by atoms with E-state index in [2.05, 4.69) is 30.7 Å². The van der Waals surface area contributed by atoms with Crippen molar-refractivity contribution in [2.24, 2.45) is 0 Å². The molecule has 3 aromatic heterocycles. The summed E-state index contributed by atoms with van der Waals surface area (Å²) in [4.78, 5) is 8.95. The Bertz CT molecular complexity index is 1200. The van der Waals surface area contributed by atoms with Gasteiger partial charge in [0.25, 0.3) is 0 Å². The number of hydrogen-bond acceptors (Lipinski definition) is 8. The van der Waals surface area contributed by atoms with Gasteiger partial charge in [-0.15, -0.1) is 5.10 Å². The molecule has 0 bridgehead atoms. The summed E-state index contributed by atoms with van der Waals surface area (Å²) in [5.41, 5.74) is 4.17. The van der Waals surface area contributed by atoms with Gasteiger partial charge in [0.15, 0.2) is 11.2 Å². The highest BCUT2D eigenvalue weighted by Gasteiger charge is 2.23. The van der Waals surface area contributed by atoms with Gasteiger partial charge in [0, 0.05) is 30.8 Å². The number of rotatable bonds is 7. The van der Waals surface area contributed by atoms with Crippen LogP contribution < -0.4 is 5.32 Å². The number of aryl methyl sites for hydroxylation is 1. The first-order valence-electron chi connectivity index (χ1n) is 10.3. The minimum absolute atomic E-state index is 0.177. The monoisotopic (exact) mass is 417 g/mol. The number of anilines is 1. The van der Waals surface area contributed by atoms with Crippen molar-refractivity contribution in [2.45, 2.75) is 44.4 Å². The predicted molar refractivity (Wildman–Crippen MR) is 116 cm³/mol. The molecule has 1 aliphatic rings. The lowest BCUT2D eigenvalue weighted by atomic mass is 10.1. The SMILES string of the molecule is N=CCCn1cc(-c2ccc(-n3nnc4cnc(N[C@@H]5CC[C@@H](O)C5)nc43)cc2)cn1. The second-order valence-electron chi connectivity index (χ2n) is 7.74. The predicted octanol–water partition coefficient (Wildman–Crippen LogP) is 2.44. The minimum Gasteiger partial charge on any atom is -0.393 e. The van der Waals surface area contributed by atoms with E-state index in [1.54, 1.807) is 10.9 Å². The molecule has 1 fully saturated rings. The average molecular weight is 417 g/mol. The number of nitrogens with zero attached hydrogens (tertiary/aromatic N) is 7. The van der Waals surface area contributed by atoms with Crippen LogP contribution in [0.1, 0.15) is 25.7 Å². The van der Waals surface area contributed by atoms with E-state index in [1.807, 2.05) is 41.3 Å². The summed E-state index contributed by atoms with van der Waals surface area (Å²) in [5, 5.41) is 33.0. The Hall–Kier alpha value is -3.66. The van der Waals surface area contributed by atoms with Gasteiger partial charge in [-0.1, -0.05) is 17.3 Å². The number of fused-ring (bicyclic) bond motifs is 1. The van der Waals surface area contributed by atoms with Gasteiger partial charge in [-0.25, -0.2) is 4.98 Å². The third-order valence-corrected chi connectivity index (χ3v) is 5.51. The molecule has 3 N–H and O–H groups in total. The second kappa shape index (κ2) is 8.23. The fraction of sp³-hybridized carbons (Fsp3) is 0.333. The van der Waals surface area contributed by atoms with Crippen LogP contribution in [-0.4, -0.2) is 58.2 Å². The summed E-state index contributed by atoms with van der Waals surface area (Å²) in [5.74, 6) is 0.518. The Kier molecular flexibility index (Phi) is 5.13. The van der Waals surface area contributed by atoms with Gasteiger partial charge in [-0.3, -0.25) is 4.68 Å². The average Bonchev–Trinajstić information content (AvgIpc) is 3.52. The van der Waals surface area contributed by atoms with Gasteiger partial charge < -0.3 is 15.8 Å². The van der Waals surface area contributed by atoms with E-state index in [0.29, 0.717) is 36.5 Å². The van der Waals surface area contributed by atoms with Crippen LogP contribution in [0, 0.1) is 5.41 Å². The molecule has 158 valence electrons. The Morgan fingerprint density at radius 1 is 1.16 bits per heavy atom. The minimum atomic E-state index is -0.255. The number of benzene rings is 1. The molecule has 1 aliphatic carbocycles. The van der Waals surface area contributed by atoms with E-state index in [-0.39, 0.29) is 12.1 Å². The lowest BCUT2D eigenvalue weighted by molar-refractivity contribution is 0.182. The van der Waals surface area contributed by atoms with Crippen molar-refractivity contribution >= 4 is 23.3 Å². The number of nitrogens with one attached hydrogen (secondary N) is 2. The maximum absolute atomic E-state index is 9.73. The molecular formula is C21H23N9O. The van der Waals surface area contributed by atoms with Gasteiger partial charge in [0.1, 0.15) is 0 Å². The van der Waals surface area contributed by atoms with Crippen LogP contribution in [0.3, 0.4) is 0 Å². The summed E-state index contributed by atoms with van der Waals surface area (Å²) in [6, 6.07) is 8.15. The molecular weight excluding hydrogens is 394 g/mol. The van der Waals surface area contributed by atoms with Crippen molar-refractivity contribution < 1.29 is 5.11 Å². The number of aliphatic hydroxyl groups is 1. The lowest BCUT2D eigenvalue weighted by Crippen LogP contribution is -2.18. The third-order valence-electron chi connectivity index (χ3n) is 5.51. The van der Waals surface area contributed by atoms with Gasteiger partial charge in [-0.05, 0) is 43.2 Å². The van der Waals surface area contributed by atoms with Crippen LogP contribution in [0.4, 0.5) is 5.95 Å². The van der Waals surface area contributed by atoms with Crippen molar-refractivity contribution in [3.63, 3.8) is 0 Å². The van der Waals surface area contributed by atoms with Crippen LogP contribution in [0.25, 0.3) is 28.0 Å². The zero-order valence-electron chi connectivity index (χ0n) is 16.9. The summed E-state index contributed by atoms with van der Waals surface area (Å²) >= 11 is 0. The van der Waals surface area contributed by atoms with Crippen molar-refractivity contribution in [3.05, 3.63) is 42.9 Å². The van der Waals surface area contributed by atoms with Crippen molar-refractivity contribution in [1.82, 2.24) is 34.7 Å². The number of aromatic nitrogens is 7. The zero-order chi connectivity index (χ0) is 21.2. The fourth-order valence-corrected chi connectivity index (χ4v) is 3.87. The first-order valence-corrected chi connectivity index (χ1v) is 10.3. The summed E-state index contributed by atoms with van der Waals surface area (Å²) in [7, 11) is 0. The van der Waals surface area contributed by atoms with E-state index in [4.69, 9.17) is 5.41 Å². The molecule has 10 heteroatoms. The number of hydrogen-bond donors (Lipinski definition) is 3. The molecule has 10 nitrogen and oxygen atoms in total. The number of aliphatic hydroxyl groups excluding tert-OH is 1. The molecule has 0 spiro atoms. The summed E-state index contributed by atoms with van der Waals surface area (Å²) in [6.07, 6.45) is 9.68. The van der Waals surface area contributed by atoms with Crippen molar-refractivity contribution in [3.8, 4) is 16.8 Å². The highest BCUT2D eigenvalue weighted by Crippen LogP contribution is 2.24. The van der Waals surface area contributed by atoms with Crippen LogP contribution in [0.2, 0.25) is 0 Å². The van der Waals surface area contributed by atoms with Crippen LogP contribution in [-0.2, 0) is 6.54 Å². The van der Waals surface area contributed by atoms with E-state index in [0.717, 1.165) is 29.7 Å². The fourth-order valence-electron chi connectivity index (χ4n) is 3.87. The molecule has 1 aromatic carbocycles. The van der Waals surface area contributed by atoms with E-state index in [9.17, 15) is 5.11 Å². The maximum atomic E-state index is 9.73. The third kappa shape index (κ3) is 4.02. The van der Waals surface area contributed by atoms with Crippen LogP contribution in [0.15, 0.2) is 42.9 Å². The molecule has 0 radical (unpaired) electrons. The first kappa shape index (κ1) is 19.3. The Morgan fingerprint density at radius 3 is 2.81 bits per heavy atom. The molecule has 2 atom stereocenters. The molecule has 31 heavy (non-hydrogen) atoms. The zero-order valence-corrected chi connectivity index (χ0v) is 16.9. The van der Waals surface area contributed by atoms with Gasteiger partial charge >= 0.3 is 0 Å². The van der Waals surface area contributed by atoms with Crippen LogP contribution in [0.5, 0.6) is 0 Å². The topological polar surface area (TPSA) is 130 Å². The molecule has 0 amide bonds. The largest absolute Gasteiger partial charge is 0.393 e.